The highest BCUT2D eigenvalue weighted by Crippen LogP contribution is 1.98. The lowest BCUT2D eigenvalue weighted by atomic mass is 10.1. The molecule has 2 N–H and O–H groups in total. The lowest BCUT2D eigenvalue weighted by molar-refractivity contribution is -0.150. The standard InChI is InChI=1S/C7H8O5/c1-4(2-3-5(8)9)6(10)7(11)12/h2-4H,1H3,(H,8,9)(H,11,12)/b3-2-. The van der Waals surface area contributed by atoms with Gasteiger partial charge in [-0.2, -0.15) is 0 Å². The molecule has 12 heavy (non-hydrogen) atoms. The Balaban J connectivity index is 4.22. The highest BCUT2D eigenvalue weighted by molar-refractivity contribution is 6.33. The zero-order valence-corrected chi connectivity index (χ0v) is 6.35. The van der Waals surface area contributed by atoms with E-state index in [1.54, 1.807) is 0 Å². The molecule has 0 aromatic heterocycles. The number of allylic oxidation sites excluding steroid dienone is 1. The minimum atomic E-state index is -1.56. The minimum Gasteiger partial charge on any atom is -0.478 e. The Hall–Kier alpha value is -1.65. The molecular weight excluding hydrogens is 164 g/mol. The van der Waals surface area contributed by atoms with Crippen LogP contribution < -0.4 is 0 Å². The fourth-order valence-corrected chi connectivity index (χ4v) is 0.509. The smallest absolute Gasteiger partial charge is 0.372 e. The van der Waals surface area contributed by atoms with E-state index >= 15 is 0 Å². The van der Waals surface area contributed by atoms with Gasteiger partial charge in [-0.15, -0.1) is 0 Å². The molecule has 0 amide bonds. The van der Waals surface area contributed by atoms with E-state index in [1.807, 2.05) is 0 Å². The van der Waals surface area contributed by atoms with E-state index in [0.717, 1.165) is 12.2 Å². The van der Waals surface area contributed by atoms with Crippen molar-refractivity contribution in [1.82, 2.24) is 0 Å². The van der Waals surface area contributed by atoms with Gasteiger partial charge in [0.1, 0.15) is 0 Å². The third-order valence-electron chi connectivity index (χ3n) is 1.15. The van der Waals surface area contributed by atoms with E-state index in [1.165, 1.54) is 6.92 Å². The molecule has 0 aliphatic rings. The monoisotopic (exact) mass is 172 g/mol. The SMILES string of the molecule is CC(/C=C\C(=O)O)C(=O)C(=O)O. The number of carboxylic acid groups (broad SMARTS) is 2. The first-order chi connectivity index (χ1) is 5.45. The van der Waals surface area contributed by atoms with Crippen molar-refractivity contribution in [2.45, 2.75) is 6.92 Å². The average Bonchev–Trinajstić information content (AvgIpc) is 1.98. The van der Waals surface area contributed by atoms with Crippen LogP contribution >= 0.6 is 0 Å². The molecule has 0 rings (SSSR count). The number of hydrogen-bond donors (Lipinski definition) is 2. The van der Waals surface area contributed by atoms with Crippen LogP contribution in [0.15, 0.2) is 12.2 Å². The quantitative estimate of drug-likeness (QED) is 0.457. The first-order valence-electron chi connectivity index (χ1n) is 3.13. The van der Waals surface area contributed by atoms with Crippen LogP contribution in [0.25, 0.3) is 0 Å². The Morgan fingerprint density at radius 3 is 2.08 bits per heavy atom. The lowest BCUT2D eigenvalue weighted by Crippen LogP contribution is -2.19. The Morgan fingerprint density at radius 1 is 1.25 bits per heavy atom. The number of carboxylic acids is 2. The van der Waals surface area contributed by atoms with Crippen molar-refractivity contribution in [3.05, 3.63) is 12.2 Å². The molecule has 0 aromatic rings. The zero-order valence-electron chi connectivity index (χ0n) is 6.35. The molecule has 5 nitrogen and oxygen atoms in total. The van der Waals surface area contributed by atoms with Crippen molar-refractivity contribution in [3.63, 3.8) is 0 Å². The average molecular weight is 172 g/mol. The first kappa shape index (κ1) is 10.3. The Morgan fingerprint density at radius 2 is 1.75 bits per heavy atom. The highest BCUT2D eigenvalue weighted by atomic mass is 16.4. The number of aliphatic carboxylic acids is 2. The minimum absolute atomic E-state index is 0.742. The number of Topliss-reactive ketones (excluding diaryl/α,β-unsaturated/α-hetero) is 1. The molecule has 1 atom stereocenters. The molecular formula is C7H8O5. The second-order valence-electron chi connectivity index (χ2n) is 2.16. The van der Waals surface area contributed by atoms with Crippen molar-refractivity contribution < 1.29 is 24.6 Å². The van der Waals surface area contributed by atoms with Crippen LogP contribution in [0.4, 0.5) is 0 Å². The second-order valence-corrected chi connectivity index (χ2v) is 2.16. The molecule has 0 aromatic carbocycles. The molecule has 0 bridgehead atoms. The van der Waals surface area contributed by atoms with Crippen molar-refractivity contribution >= 4 is 17.7 Å². The normalized spacial score (nSPS) is 12.8. The molecule has 0 spiro atoms. The summed E-state index contributed by atoms with van der Waals surface area (Å²) in [5.74, 6) is -4.69. The van der Waals surface area contributed by atoms with Gasteiger partial charge in [-0.05, 0) is 0 Å². The van der Waals surface area contributed by atoms with Crippen molar-refractivity contribution in [2.75, 3.05) is 0 Å². The van der Waals surface area contributed by atoms with Crippen LogP contribution in [0.1, 0.15) is 6.92 Å². The van der Waals surface area contributed by atoms with Crippen molar-refractivity contribution in [3.8, 4) is 0 Å². The van der Waals surface area contributed by atoms with Gasteiger partial charge in [-0.3, -0.25) is 4.79 Å². The van der Waals surface area contributed by atoms with E-state index in [4.69, 9.17) is 10.2 Å². The summed E-state index contributed by atoms with van der Waals surface area (Å²) >= 11 is 0. The van der Waals surface area contributed by atoms with Crippen LogP contribution in [-0.4, -0.2) is 27.9 Å². The number of hydrogen-bond acceptors (Lipinski definition) is 3. The van der Waals surface area contributed by atoms with Gasteiger partial charge in [0, 0.05) is 12.0 Å². The van der Waals surface area contributed by atoms with Gasteiger partial charge in [0.15, 0.2) is 0 Å². The van der Waals surface area contributed by atoms with Crippen molar-refractivity contribution in [2.24, 2.45) is 5.92 Å². The Bertz CT molecular complexity index is 240. The maximum Gasteiger partial charge on any atom is 0.372 e. The number of carbonyl (C=O) groups excluding carboxylic acids is 1. The van der Waals surface area contributed by atoms with Gasteiger partial charge < -0.3 is 10.2 Å². The molecule has 0 radical (unpaired) electrons. The third kappa shape index (κ3) is 3.50. The Labute approximate surface area is 68.3 Å². The summed E-state index contributed by atoms with van der Waals surface area (Å²) in [7, 11) is 0. The molecule has 0 saturated carbocycles. The van der Waals surface area contributed by atoms with Gasteiger partial charge in [0.2, 0.25) is 5.78 Å². The molecule has 66 valence electrons. The molecule has 0 fully saturated rings. The zero-order chi connectivity index (χ0) is 9.72. The maximum atomic E-state index is 10.6. The summed E-state index contributed by atoms with van der Waals surface area (Å²) in [6, 6.07) is 0. The molecule has 1 unspecified atom stereocenters. The second kappa shape index (κ2) is 4.27. The lowest BCUT2D eigenvalue weighted by Gasteiger charge is -1.97. The number of rotatable bonds is 4. The molecule has 0 aliphatic heterocycles. The Kier molecular flexibility index (Phi) is 3.69. The van der Waals surface area contributed by atoms with Crippen LogP contribution in [-0.2, 0) is 14.4 Å². The summed E-state index contributed by atoms with van der Waals surface area (Å²) in [4.78, 5) is 30.6. The number of carbonyl (C=O) groups is 3. The third-order valence-corrected chi connectivity index (χ3v) is 1.15. The molecule has 0 aliphatic carbocycles. The summed E-state index contributed by atoms with van der Waals surface area (Å²) in [5.41, 5.74) is 0. The topological polar surface area (TPSA) is 91.7 Å². The summed E-state index contributed by atoms with van der Waals surface area (Å²) in [5, 5.41) is 16.3. The van der Waals surface area contributed by atoms with Crippen LogP contribution in [0, 0.1) is 5.92 Å². The van der Waals surface area contributed by atoms with E-state index < -0.39 is 23.6 Å². The predicted octanol–water partition coefficient (Wildman–Crippen LogP) is -0.0830. The van der Waals surface area contributed by atoms with Crippen LogP contribution in [0.2, 0.25) is 0 Å². The van der Waals surface area contributed by atoms with E-state index in [2.05, 4.69) is 0 Å². The highest BCUT2D eigenvalue weighted by Gasteiger charge is 2.17. The molecule has 0 saturated heterocycles. The van der Waals surface area contributed by atoms with Gasteiger partial charge in [-0.1, -0.05) is 13.0 Å². The fourth-order valence-electron chi connectivity index (χ4n) is 0.509. The van der Waals surface area contributed by atoms with E-state index in [-0.39, 0.29) is 0 Å². The van der Waals surface area contributed by atoms with Crippen molar-refractivity contribution in [1.29, 1.82) is 0 Å². The summed E-state index contributed by atoms with van der Waals surface area (Å²) < 4.78 is 0. The first-order valence-corrected chi connectivity index (χ1v) is 3.13. The molecule has 5 heteroatoms. The predicted molar refractivity (Wildman–Crippen MR) is 38.6 cm³/mol. The van der Waals surface area contributed by atoms with Gasteiger partial charge in [0.05, 0.1) is 0 Å². The van der Waals surface area contributed by atoms with Crippen LogP contribution in [0.5, 0.6) is 0 Å². The summed E-state index contributed by atoms with van der Waals surface area (Å²) in [6.45, 7) is 1.32. The van der Waals surface area contributed by atoms with E-state index in [9.17, 15) is 14.4 Å². The number of ketones is 1. The van der Waals surface area contributed by atoms with Crippen LogP contribution in [0.3, 0.4) is 0 Å². The molecule has 0 heterocycles. The largest absolute Gasteiger partial charge is 0.478 e. The summed E-state index contributed by atoms with van der Waals surface area (Å²) in [6.07, 6.45) is 1.77. The van der Waals surface area contributed by atoms with Gasteiger partial charge in [-0.25, -0.2) is 9.59 Å². The van der Waals surface area contributed by atoms with Gasteiger partial charge in [0.25, 0.3) is 0 Å². The maximum absolute atomic E-state index is 10.6. The van der Waals surface area contributed by atoms with E-state index in [0.29, 0.717) is 0 Å². The fraction of sp³-hybridized carbons (Fsp3) is 0.286. The van der Waals surface area contributed by atoms with Gasteiger partial charge >= 0.3 is 11.9 Å².